The maximum absolute atomic E-state index is 12.5. The Morgan fingerprint density at radius 1 is 1.38 bits per heavy atom. The predicted molar refractivity (Wildman–Crippen MR) is 84.3 cm³/mol. The Kier molecular flexibility index (Phi) is 6.28. The third-order valence-corrected chi connectivity index (χ3v) is 4.65. The first kappa shape index (κ1) is 18.0. The fraction of sp³-hybridized carbons (Fsp3) is 0.643. The van der Waals surface area contributed by atoms with E-state index in [9.17, 15) is 13.2 Å². The van der Waals surface area contributed by atoms with E-state index in [2.05, 4.69) is 6.92 Å². The minimum atomic E-state index is -3.84. The van der Waals surface area contributed by atoms with E-state index in [4.69, 9.17) is 10.7 Å². The molecule has 0 fully saturated rings. The molecule has 120 valence electrons. The molecule has 0 aliphatic heterocycles. The van der Waals surface area contributed by atoms with E-state index >= 15 is 0 Å². The van der Waals surface area contributed by atoms with Crippen LogP contribution in [0.4, 0.5) is 0 Å². The van der Waals surface area contributed by atoms with Crippen LogP contribution < -0.4 is 0 Å². The largest absolute Gasteiger partial charge is 0.340 e. The van der Waals surface area contributed by atoms with Crippen LogP contribution in [-0.2, 0) is 9.05 Å². The molecule has 0 atom stereocenters. The Bertz CT molecular complexity index is 593. The Morgan fingerprint density at radius 2 is 2.00 bits per heavy atom. The van der Waals surface area contributed by atoms with Crippen LogP contribution >= 0.6 is 10.7 Å². The van der Waals surface area contributed by atoms with Gasteiger partial charge < -0.3 is 9.47 Å². The molecule has 0 bridgehead atoms. The van der Waals surface area contributed by atoms with Gasteiger partial charge in [-0.1, -0.05) is 19.8 Å². The van der Waals surface area contributed by atoms with Crippen molar-refractivity contribution >= 4 is 25.6 Å². The Balaban J connectivity index is 3.05. The van der Waals surface area contributed by atoms with Crippen LogP contribution in [-0.4, -0.2) is 37.4 Å². The number of rotatable bonds is 7. The van der Waals surface area contributed by atoms with Crippen molar-refractivity contribution in [1.82, 2.24) is 9.47 Å². The number of aromatic nitrogens is 1. The second kappa shape index (κ2) is 7.31. The first-order valence-corrected chi connectivity index (χ1v) is 9.41. The molecule has 0 saturated carbocycles. The summed E-state index contributed by atoms with van der Waals surface area (Å²) in [5.41, 5.74) is 0.350. The van der Waals surface area contributed by atoms with E-state index in [1.54, 1.807) is 16.5 Å². The summed E-state index contributed by atoms with van der Waals surface area (Å²) in [7, 11) is 3.26. The molecular formula is C14H23ClN2O3S. The van der Waals surface area contributed by atoms with Gasteiger partial charge in [-0.05, 0) is 26.3 Å². The molecule has 0 aliphatic rings. The van der Waals surface area contributed by atoms with Crippen molar-refractivity contribution in [2.45, 2.75) is 51.0 Å². The number of carbonyl (C=O) groups excluding carboxylic acids is 1. The maximum Gasteiger partial charge on any atom is 0.270 e. The lowest BCUT2D eigenvalue weighted by molar-refractivity contribution is 0.0780. The summed E-state index contributed by atoms with van der Waals surface area (Å²) >= 11 is 0. The van der Waals surface area contributed by atoms with E-state index in [1.807, 2.05) is 13.8 Å². The van der Waals surface area contributed by atoms with Crippen LogP contribution in [0.15, 0.2) is 17.2 Å². The number of halogens is 1. The van der Waals surface area contributed by atoms with E-state index in [0.717, 1.165) is 19.3 Å². The first-order chi connectivity index (χ1) is 9.68. The van der Waals surface area contributed by atoms with Crippen molar-refractivity contribution in [1.29, 1.82) is 0 Å². The third kappa shape index (κ3) is 4.74. The fourth-order valence-corrected chi connectivity index (χ4v) is 2.83. The standard InChI is InChI=1S/C14H23ClN2O3S/c1-5-6-7-8-16(4)14(18)13-9-12(21(15,19)20)10-17(13)11(2)3/h9-11H,5-8H2,1-4H3. The van der Waals surface area contributed by atoms with Gasteiger partial charge in [0.25, 0.3) is 15.0 Å². The van der Waals surface area contributed by atoms with E-state index in [-0.39, 0.29) is 16.8 Å². The molecule has 7 heteroatoms. The number of carbonyl (C=O) groups is 1. The molecule has 1 heterocycles. The second-order valence-corrected chi connectivity index (χ2v) is 8.00. The minimum absolute atomic E-state index is 0.0276. The van der Waals surface area contributed by atoms with Crippen LogP contribution in [0.1, 0.15) is 56.6 Å². The molecule has 0 saturated heterocycles. The maximum atomic E-state index is 12.5. The molecule has 0 spiro atoms. The van der Waals surface area contributed by atoms with Crippen LogP contribution in [0.25, 0.3) is 0 Å². The minimum Gasteiger partial charge on any atom is -0.340 e. The van der Waals surface area contributed by atoms with Crippen molar-refractivity contribution in [2.24, 2.45) is 0 Å². The molecule has 1 aromatic heterocycles. The molecular weight excluding hydrogens is 312 g/mol. The average molecular weight is 335 g/mol. The van der Waals surface area contributed by atoms with Gasteiger partial charge in [-0.25, -0.2) is 8.42 Å². The van der Waals surface area contributed by atoms with Gasteiger partial charge in [0.15, 0.2) is 0 Å². The summed E-state index contributed by atoms with van der Waals surface area (Å²) in [6, 6.07) is 1.32. The van der Waals surface area contributed by atoms with Gasteiger partial charge in [-0.15, -0.1) is 0 Å². The monoisotopic (exact) mass is 334 g/mol. The fourth-order valence-electron chi connectivity index (χ4n) is 2.08. The number of hydrogen-bond acceptors (Lipinski definition) is 3. The third-order valence-electron chi connectivity index (χ3n) is 3.32. The lowest BCUT2D eigenvalue weighted by Crippen LogP contribution is -2.29. The lowest BCUT2D eigenvalue weighted by atomic mass is 10.2. The van der Waals surface area contributed by atoms with Crippen molar-refractivity contribution in [3.05, 3.63) is 18.0 Å². The zero-order valence-electron chi connectivity index (χ0n) is 13.0. The smallest absolute Gasteiger partial charge is 0.270 e. The van der Waals surface area contributed by atoms with Gasteiger partial charge in [-0.2, -0.15) is 0 Å². The van der Waals surface area contributed by atoms with Crippen LogP contribution in [0.2, 0.25) is 0 Å². The molecule has 0 aliphatic carbocycles. The first-order valence-electron chi connectivity index (χ1n) is 7.10. The van der Waals surface area contributed by atoms with Gasteiger partial charge in [0, 0.05) is 36.5 Å². The summed E-state index contributed by atoms with van der Waals surface area (Å²) in [5.74, 6) is -0.189. The van der Waals surface area contributed by atoms with Crippen molar-refractivity contribution in [2.75, 3.05) is 13.6 Å². The van der Waals surface area contributed by atoms with Gasteiger partial charge in [0.2, 0.25) is 0 Å². The van der Waals surface area contributed by atoms with Crippen molar-refractivity contribution in [3.8, 4) is 0 Å². The van der Waals surface area contributed by atoms with E-state index in [1.165, 1.54) is 12.3 Å². The zero-order chi connectivity index (χ0) is 16.2. The Hall–Kier alpha value is -1.01. The highest BCUT2D eigenvalue weighted by atomic mass is 35.7. The summed E-state index contributed by atoms with van der Waals surface area (Å²) in [5, 5.41) is 0. The van der Waals surface area contributed by atoms with Crippen molar-refractivity contribution < 1.29 is 13.2 Å². The van der Waals surface area contributed by atoms with Gasteiger partial charge in [-0.3, -0.25) is 4.79 Å². The highest BCUT2D eigenvalue weighted by Crippen LogP contribution is 2.22. The number of unbranched alkanes of at least 4 members (excludes halogenated alkanes) is 2. The highest BCUT2D eigenvalue weighted by molar-refractivity contribution is 8.13. The molecule has 1 amide bonds. The van der Waals surface area contributed by atoms with Crippen molar-refractivity contribution in [3.63, 3.8) is 0 Å². The lowest BCUT2D eigenvalue weighted by Gasteiger charge is -2.19. The normalized spacial score (nSPS) is 11.9. The summed E-state index contributed by atoms with van der Waals surface area (Å²) in [6.45, 7) is 6.53. The molecule has 0 aromatic carbocycles. The zero-order valence-corrected chi connectivity index (χ0v) is 14.5. The summed E-state index contributed by atoms with van der Waals surface area (Å²) in [6.07, 6.45) is 4.49. The quantitative estimate of drug-likeness (QED) is 0.568. The van der Waals surface area contributed by atoms with Crippen LogP contribution in [0.5, 0.6) is 0 Å². The van der Waals surface area contributed by atoms with Gasteiger partial charge in [0.1, 0.15) is 10.6 Å². The number of nitrogens with zero attached hydrogens (tertiary/aromatic N) is 2. The number of hydrogen-bond donors (Lipinski definition) is 0. The second-order valence-electron chi connectivity index (χ2n) is 5.43. The highest BCUT2D eigenvalue weighted by Gasteiger charge is 2.23. The SMILES string of the molecule is CCCCCN(C)C(=O)c1cc(S(=O)(=O)Cl)cn1C(C)C. The molecule has 5 nitrogen and oxygen atoms in total. The molecule has 1 aromatic rings. The van der Waals surface area contributed by atoms with E-state index in [0.29, 0.717) is 12.2 Å². The molecule has 21 heavy (non-hydrogen) atoms. The summed E-state index contributed by atoms with van der Waals surface area (Å²) in [4.78, 5) is 14.1. The van der Waals surface area contributed by atoms with Gasteiger partial charge >= 0.3 is 0 Å². The topological polar surface area (TPSA) is 59.4 Å². The van der Waals surface area contributed by atoms with E-state index < -0.39 is 9.05 Å². The molecule has 0 radical (unpaired) electrons. The van der Waals surface area contributed by atoms with Crippen LogP contribution in [0, 0.1) is 0 Å². The Labute approximate surface area is 131 Å². The molecule has 1 rings (SSSR count). The van der Waals surface area contributed by atoms with Gasteiger partial charge in [0.05, 0.1) is 0 Å². The Morgan fingerprint density at radius 3 is 2.48 bits per heavy atom. The number of amides is 1. The summed E-state index contributed by atoms with van der Waals surface area (Å²) < 4.78 is 24.5. The predicted octanol–water partition coefficient (Wildman–Crippen LogP) is 3.26. The average Bonchev–Trinajstić information content (AvgIpc) is 2.83. The molecule has 0 unspecified atom stereocenters. The molecule has 0 N–H and O–H groups in total. The van der Waals surface area contributed by atoms with Crippen LogP contribution in [0.3, 0.4) is 0 Å².